The van der Waals surface area contributed by atoms with Crippen LogP contribution in [0.4, 0.5) is 0 Å². The second-order valence-corrected chi connectivity index (χ2v) is 8.83. The van der Waals surface area contributed by atoms with Crippen molar-refractivity contribution in [3.05, 3.63) is 116 Å². The summed E-state index contributed by atoms with van der Waals surface area (Å²) in [6.45, 7) is 1.95. The minimum atomic E-state index is -0.722. The maximum absolute atomic E-state index is 13.0. The number of carbonyl (C=O) groups is 1. The molecule has 1 aromatic heterocycles. The fraction of sp³-hybridized carbons (Fsp3) is 0.222. The molecule has 0 spiro atoms. The van der Waals surface area contributed by atoms with Gasteiger partial charge in [0.05, 0.1) is 17.6 Å². The lowest BCUT2D eigenvalue weighted by Gasteiger charge is -2.17. The number of halogens is 1. The molecule has 1 N–H and O–H groups in total. The monoisotopic (exact) mass is 475 g/mol. The number of benzene rings is 3. The van der Waals surface area contributed by atoms with Crippen LogP contribution in [0.1, 0.15) is 24.5 Å². The highest BCUT2D eigenvalue weighted by Gasteiger charge is 2.16. The molecule has 174 valence electrons. The van der Waals surface area contributed by atoms with Crippen molar-refractivity contribution in [2.24, 2.45) is 0 Å². The molecule has 4 aromatic rings. The van der Waals surface area contributed by atoms with Crippen molar-refractivity contribution in [1.29, 1.82) is 0 Å². The second kappa shape index (κ2) is 10.5. The number of aryl methyl sites for hydroxylation is 1. The lowest BCUT2D eigenvalue weighted by atomic mass is 10.1. The molecule has 4 rings (SSSR count). The van der Waals surface area contributed by atoms with Crippen molar-refractivity contribution in [2.45, 2.75) is 38.9 Å². The summed E-state index contributed by atoms with van der Waals surface area (Å²) in [5.41, 5.74) is 1.78. The van der Waals surface area contributed by atoms with Crippen molar-refractivity contribution < 1.29 is 4.79 Å². The van der Waals surface area contributed by atoms with Crippen LogP contribution in [0.3, 0.4) is 0 Å². The van der Waals surface area contributed by atoms with Gasteiger partial charge in [0, 0.05) is 11.1 Å². The fourth-order valence-corrected chi connectivity index (χ4v) is 4.15. The molecular formula is C27H26ClN3O3. The Kier molecular flexibility index (Phi) is 7.28. The summed E-state index contributed by atoms with van der Waals surface area (Å²) in [5, 5.41) is 3.55. The number of hydrogen-bond acceptors (Lipinski definition) is 3. The lowest BCUT2D eigenvalue weighted by molar-refractivity contribution is -0.122. The molecule has 0 aliphatic carbocycles. The van der Waals surface area contributed by atoms with Crippen LogP contribution in [0, 0.1) is 0 Å². The van der Waals surface area contributed by atoms with Crippen LogP contribution in [0.2, 0.25) is 5.02 Å². The van der Waals surface area contributed by atoms with Gasteiger partial charge < -0.3 is 5.32 Å². The smallest absolute Gasteiger partial charge is 0.317 e. The number of amides is 1. The Hall–Kier alpha value is -3.64. The highest BCUT2D eigenvalue weighted by molar-refractivity contribution is 6.30. The zero-order valence-corrected chi connectivity index (χ0v) is 19.7. The van der Waals surface area contributed by atoms with Crippen molar-refractivity contribution in [3.8, 4) is 0 Å². The predicted molar refractivity (Wildman–Crippen MR) is 135 cm³/mol. The van der Waals surface area contributed by atoms with Crippen molar-refractivity contribution in [3.63, 3.8) is 0 Å². The average molecular weight is 476 g/mol. The summed E-state index contributed by atoms with van der Waals surface area (Å²) >= 11 is 5.96. The number of aromatic nitrogens is 2. The van der Waals surface area contributed by atoms with Crippen molar-refractivity contribution in [2.75, 3.05) is 0 Å². The highest BCUT2D eigenvalue weighted by Crippen LogP contribution is 2.14. The van der Waals surface area contributed by atoms with Crippen LogP contribution in [0.5, 0.6) is 0 Å². The Morgan fingerprint density at radius 3 is 2.09 bits per heavy atom. The number of rotatable bonds is 8. The van der Waals surface area contributed by atoms with Gasteiger partial charge in [0.2, 0.25) is 5.91 Å². The molecular weight excluding hydrogens is 450 g/mol. The van der Waals surface area contributed by atoms with Gasteiger partial charge in [0.15, 0.2) is 0 Å². The van der Waals surface area contributed by atoms with E-state index in [1.165, 1.54) is 14.7 Å². The van der Waals surface area contributed by atoms with Gasteiger partial charge in [-0.25, -0.2) is 0 Å². The van der Waals surface area contributed by atoms with Crippen LogP contribution in [0.25, 0.3) is 11.0 Å². The fourth-order valence-electron chi connectivity index (χ4n) is 4.02. The Balaban J connectivity index is 1.55. The molecule has 0 radical (unpaired) electrons. The molecule has 0 saturated carbocycles. The van der Waals surface area contributed by atoms with E-state index in [9.17, 15) is 14.4 Å². The highest BCUT2D eigenvalue weighted by atomic mass is 35.5. The molecule has 7 heteroatoms. The Bertz CT molecular complexity index is 1410. The molecule has 1 atom stereocenters. The number of nitrogens with one attached hydrogen (secondary N) is 1. The Labute approximate surface area is 202 Å². The van der Waals surface area contributed by atoms with Gasteiger partial charge in [-0.2, -0.15) is 0 Å². The largest absolute Gasteiger partial charge is 0.352 e. The van der Waals surface area contributed by atoms with Gasteiger partial charge in [-0.15, -0.1) is 0 Å². The molecule has 1 heterocycles. The quantitative estimate of drug-likeness (QED) is 0.391. The topological polar surface area (TPSA) is 73.1 Å². The van der Waals surface area contributed by atoms with Crippen LogP contribution in [-0.2, 0) is 24.3 Å². The first-order valence-corrected chi connectivity index (χ1v) is 11.6. The molecule has 0 aliphatic rings. The van der Waals surface area contributed by atoms with Gasteiger partial charge in [0.25, 0.3) is 0 Å². The van der Waals surface area contributed by atoms with E-state index in [1.807, 2.05) is 37.3 Å². The molecule has 0 fully saturated rings. The minimum Gasteiger partial charge on any atom is -0.352 e. The van der Waals surface area contributed by atoms with Gasteiger partial charge >= 0.3 is 11.1 Å². The molecule has 3 aromatic carbocycles. The van der Waals surface area contributed by atoms with Gasteiger partial charge in [-0.1, -0.05) is 66.2 Å². The van der Waals surface area contributed by atoms with Crippen molar-refractivity contribution in [1.82, 2.24) is 14.5 Å². The van der Waals surface area contributed by atoms with E-state index in [0.717, 1.165) is 18.4 Å². The Morgan fingerprint density at radius 1 is 0.824 bits per heavy atom. The zero-order valence-electron chi connectivity index (χ0n) is 18.9. The number of nitrogens with zero attached hydrogens (tertiary/aromatic N) is 2. The summed E-state index contributed by atoms with van der Waals surface area (Å²) in [6, 6.07) is 24.2. The summed E-state index contributed by atoms with van der Waals surface area (Å²) in [6.07, 6.45) is 1.61. The first-order chi connectivity index (χ1) is 16.4. The third kappa shape index (κ3) is 5.46. The average Bonchev–Trinajstić information content (AvgIpc) is 2.85. The number of hydrogen-bond donors (Lipinski definition) is 1. The van der Waals surface area contributed by atoms with Crippen LogP contribution in [0.15, 0.2) is 88.5 Å². The molecule has 0 saturated heterocycles. The molecule has 6 nitrogen and oxygen atoms in total. The summed E-state index contributed by atoms with van der Waals surface area (Å²) in [7, 11) is 0. The zero-order chi connectivity index (χ0) is 24.1. The molecule has 0 bridgehead atoms. The Morgan fingerprint density at radius 2 is 1.41 bits per heavy atom. The standard InChI is InChI=1S/C27H26ClN3O3/c1-19(11-12-20-7-3-2-4-8-20)29-25(32)18-31-24-10-6-5-9-23(24)30(26(33)27(31)34)17-21-13-15-22(28)16-14-21/h2-10,13-16,19H,11-12,17-18H2,1H3,(H,29,32). The summed E-state index contributed by atoms with van der Waals surface area (Å²) < 4.78 is 2.70. The normalized spacial score (nSPS) is 11.9. The van der Waals surface area contributed by atoms with Gasteiger partial charge in [-0.05, 0) is 55.2 Å². The van der Waals surface area contributed by atoms with Crippen LogP contribution in [-0.4, -0.2) is 21.1 Å². The third-order valence-electron chi connectivity index (χ3n) is 5.81. The van der Waals surface area contributed by atoms with E-state index in [4.69, 9.17) is 11.6 Å². The maximum Gasteiger partial charge on any atom is 0.317 e. The maximum atomic E-state index is 13.0. The lowest BCUT2D eigenvalue weighted by Crippen LogP contribution is -2.45. The van der Waals surface area contributed by atoms with E-state index in [-0.39, 0.29) is 25.0 Å². The SMILES string of the molecule is CC(CCc1ccccc1)NC(=O)Cn1c(=O)c(=O)n(Cc2ccc(Cl)cc2)c2ccccc21. The first kappa shape index (κ1) is 23.5. The number of fused-ring (bicyclic) bond motifs is 1. The number of para-hydroxylation sites is 2. The van der Waals surface area contributed by atoms with Gasteiger partial charge in [-0.3, -0.25) is 23.5 Å². The number of carbonyl (C=O) groups excluding carboxylic acids is 1. The van der Waals surface area contributed by atoms with Crippen LogP contribution >= 0.6 is 11.6 Å². The van der Waals surface area contributed by atoms with E-state index >= 15 is 0 Å². The van der Waals surface area contributed by atoms with Crippen LogP contribution < -0.4 is 16.4 Å². The molecule has 34 heavy (non-hydrogen) atoms. The van der Waals surface area contributed by atoms with Gasteiger partial charge in [0.1, 0.15) is 6.54 Å². The van der Waals surface area contributed by atoms with E-state index in [0.29, 0.717) is 16.1 Å². The van der Waals surface area contributed by atoms with Crippen molar-refractivity contribution >= 4 is 28.5 Å². The summed E-state index contributed by atoms with van der Waals surface area (Å²) in [4.78, 5) is 38.8. The van der Waals surface area contributed by atoms with E-state index in [1.54, 1.807) is 36.4 Å². The minimum absolute atomic E-state index is 0.0695. The second-order valence-electron chi connectivity index (χ2n) is 8.39. The third-order valence-corrected chi connectivity index (χ3v) is 6.06. The summed E-state index contributed by atoms with van der Waals surface area (Å²) in [5.74, 6) is -0.303. The van der Waals surface area contributed by atoms with E-state index < -0.39 is 11.1 Å². The molecule has 1 amide bonds. The molecule has 1 unspecified atom stereocenters. The first-order valence-electron chi connectivity index (χ1n) is 11.2. The predicted octanol–water partition coefficient (Wildman–Crippen LogP) is 4.00. The molecule has 0 aliphatic heterocycles. The van der Waals surface area contributed by atoms with E-state index in [2.05, 4.69) is 17.4 Å².